The number of hydrogen-bond acceptors (Lipinski definition) is 4. The van der Waals surface area contributed by atoms with Crippen LogP contribution in [0.2, 0.25) is 0 Å². The van der Waals surface area contributed by atoms with Gasteiger partial charge in [0.05, 0.1) is 5.69 Å². The Morgan fingerprint density at radius 1 is 0.941 bits per heavy atom. The maximum atomic E-state index is 13.1. The van der Waals surface area contributed by atoms with Gasteiger partial charge in [-0.3, -0.25) is 9.59 Å². The topological polar surface area (TPSA) is 61.9 Å². The van der Waals surface area contributed by atoms with Gasteiger partial charge in [0.2, 0.25) is 0 Å². The molecule has 34 heavy (non-hydrogen) atoms. The smallest absolute Gasteiger partial charge is 0.291 e. The first-order valence-electron chi connectivity index (χ1n) is 11.5. The Bertz CT molecular complexity index is 1270. The van der Waals surface area contributed by atoms with E-state index in [9.17, 15) is 9.59 Å². The number of fused-ring (bicyclic) bond motifs is 1. The van der Waals surface area contributed by atoms with Crippen molar-refractivity contribution in [3.63, 3.8) is 0 Å². The van der Waals surface area contributed by atoms with Crippen LogP contribution in [0.1, 0.15) is 27.0 Å². The second kappa shape index (κ2) is 9.06. The lowest BCUT2D eigenvalue weighted by molar-refractivity contribution is -0.115. The average molecular weight is 454 g/mol. The van der Waals surface area contributed by atoms with E-state index in [0.29, 0.717) is 30.1 Å². The fourth-order valence-corrected chi connectivity index (χ4v) is 4.37. The molecule has 0 aromatic heterocycles. The Balaban J connectivity index is 1.24. The third-order valence-electron chi connectivity index (χ3n) is 6.31. The molecule has 3 aromatic rings. The summed E-state index contributed by atoms with van der Waals surface area (Å²) in [7, 11) is 0. The molecule has 1 fully saturated rings. The lowest BCUT2D eigenvalue weighted by atomic mass is 10.1. The number of ether oxygens (including phenoxy) is 1. The second-order valence-corrected chi connectivity index (χ2v) is 8.75. The highest BCUT2D eigenvalue weighted by atomic mass is 16.5. The van der Waals surface area contributed by atoms with Gasteiger partial charge >= 0.3 is 0 Å². The molecule has 2 heterocycles. The number of amides is 2. The van der Waals surface area contributed by atoms with E-state index in [2.05, 4.69) is 42.3 Å². The predicted octanol–water partition coefficient (Wildman–Crippen LogP) is 4.64. The largest absolute Gasteiger partial charge is 0.449 e. The molecule has 0 atom stereocenters. The van der Waals surface area contributed by atoms with E-state index in [0.717, 1.165) is 18.7 Å². The maximum Gasteiger partial charge on any atom is 0.291 e. The number of carbonyl (C=O) groups is 2. The molecule has 2 aliphatic rings. The summed E-state index contributed by atoms with van der Waals surface area (Å²) in [6.45, 7) is 7.23. The van der Waals surface area contributed by atoms with E-state index in [4.69, 9.17) is 4.74 Å². The number of anilines is 2. The van der Waals surface area contributed by atoms with Crippen LogP contribution in [0.15, 0.2) is 72.5 Å². The zero-order chi connectivity index (χ0) is 23.7. The first-order chi connectivity index (χ1) is 16.5. The second-order valence-electron chi connectivity index (χ2n) is 8.75. The van der Waals surface area contributed by atoms with Crippen molar-refractivity contribution in [3.05, 3.63) is 94.7 Å². The molecule has 2 amide bonds. The summed E-state index contributed by atoms with van der Waals surface area (Å²) < 4.78 is 5.75. The van der Waals surface area contributed by atoms with Crippen molar-refractivity contribution in [3.8, 4) is 5.75 Å². The number of hydrogen-bond donors (Lipinski definition) is 1. The highest BCUT2D eigenvalue weighted by Gasteiger charge is 2.24. The zero-order valence-corrected chi connectivity index (χ0v) is 19.4. The zero-order valence-electron chi connectivity index (χ0n) is 19.4. The van der Waals surface area contributed by atoms with Gasteiger partial charge in [0, 0.05) is 37.4 Å². The van der Waals surface area contributed by atoms with Crippen molar-refractivity contribution < 1.29 is 14.3 Å². The first kappa shape index (κ1) is 21.8. The van der Waals surface area contributed by atoms with Crippen LogP contribution in [-0.4, -0.2) is 42.9 Å². The molecular weight excluding hydrogens is 426 g/mol. The Kier molecular flexibility index (Phi) is 5.80. The van der Waals surface area contributed by atoms with Gasteiger partial charge in [-0.15, -0.1) is 0 Å². The van der Waals surface area contributed by atoms with Crippen LogP contribution in [0.25, 0.3) is 6.08 Å². The number of benzene rings is 3. The van der Waals surface area contributed by atoms with Crippen LogP contribution in [0.4, 0.5) is 11.4 Å². The first-order valence-corrected chi connectivity index (χ1v) is 11.5. The molecule has 1 N–H and O–H groups in total. The minimum Gasteiger partial charge on any atom is -0.449 e. The van der Waals surface area contributed by atoms with E-state index in [1.807, 2.05) is 35.2 Å². The van der Waals surface area contributed by atoms with E-state index in [1.165, 1.54) is 16.8 Å². The van der Waals surface area contributed by atoms with E-state index in [1.54, 1.807) is 24.3 Å². The highest BCUT2D eigenvalue weighted by molar-refractivity contribution is 6.08. The van der Waals surface area contributed by atoms with Gasteiger partial charge in [-0.2, -0.15) is 0 Å². The number of para-hydroxylation sites is 2. The Morgan fingerprint density at radius 2 is 1.68 bits per heavy atom. The summed E-state index contributed by atoms with van der Waals surface area (Å²) in [5.41, 5.74) is 5.84. The molecule has 5 rings (SSSR count). The molecule has 0 saturated carbocycles. The molecule has 0 spiro atoms. The van der Waals surface area contributed by atoms with Crippen molar-refractivity contribution in [2.45, 2.75) is 13.8 Å². The molecule has 2 aliphatic heterocycles. The molecule has 6 nitrogen and oxygen atoms in total. The number of nitrogens with one attached hydrogen (secondary N) is 1. The van der Waals surface area contributed by atoms with Crippen LogP contribution >= 0.6 is 0 Å². The Labute approximate surface area is 199 Å². The summed E-state index contributed by atoms with van der Waals surface area (Å²) in [6, 6.07) is 21.1. The SMILES string of the molecule is Cc1ccc(C)c(N2CCN(C(=O)c3ccc(C=C4Oc5ccccc5NC4=O)cc3)CC2)c1. The number of piperazine rings is 1. The van der Waals surface area contributed by atoms with Gasteiger partial charge in [0.25, 0.3) is 11.8 Å². The van der Waals surface area contributed by atoms with Crippen LogP contribution in [0.3, 0.4) is 0 Å². The normalized spacial score (nSPS) is 16.6. The molecule has 172 valence electrons. The third-order valence-corrected chi connectivity index (χ3v) is 6.31. The summed E-state index contributed by atoms with van der Waals surface area (Å²) in [4.78, 5) is 29.7. The predicted molar refractivity (Wildman–Crippen MR) is 134 cm³/mol. The molecule has 0 unspecified atom stereocenters. The van der Waals surface area contributed by atoms with Gasteiger partial charge in [-0.25, -0.2) is 0 Å². The third kappa shape index (κ3) is 4.39. The molecule has 6 heteroatoms. The quantitative estimate of drug-likeness (QED) is 0.587. The summed E-state index contributed by atoms with van der Waals surface area (Å²) in [6.07, 6.45) is 1.68. The van der Waals surface area contributed by atoms with Crippen LogP contribution in [-0.2, 0) is 4.79 Å². The fraction of sp³-hybridized carbons (Fsp3) is 0.214. The van der Waals surface area contributed by atoms with Crippen LogP contribution in [0.5, 0.6) is 5.75 Å². The minimum absolute atomic E-state index is 0.0282. The van der Waals surface area contributed by atoms with Crippen molar-refractivity contribution in [1.29, 1.82) is 0 Å². The molecule has 0 bridgehead atoms. The van der Waals surface area contributed by atoms with Gasteiger partial charge in [0.15, 0.2) is 11.5 Å². The summed E-state index contributed by atoms with van der Waals surface area (Å²) in [5, 5.41) is 2.83. The standard InChI is InChI=1S/C28H27N3O3/c1-19-7-8-20(2)24(17-19)30-13-15-31(16-14-30)28(33)22-11-9-21(10-12-22)18-26-27(32)29-23-5-3-4-6-25(23)34-26/h3-12,17-18H,13-16H2,1-2H3,(H,29,32). The van der Waals surface area contributed by atoms with Crippen LogP contribution in [0, 0.1) is 13.8 Å². The molecule has 0 radical (unpaired) electrons. The van der Waals surface area contributed by atoms with E-state index in [-0.39, 0.29) is 17.6 Å². The van der Waals surface area contributed by atoms with Gasteiger partial charge in [-0.05, 0) is 66.9 Å². The number of rotatable bonds is 3. The summed E-state index contributed by atoms with van der Waals surface area (Å²) in [5.74, 6) is 0.571. The van der Waals surface area contributed by atoms with Gasteiger partial charge in [-0.1, -0.05) is 36.4 Å². The van der Waals surface area contributed by atoms with E-state index >= 15 is 0 Å². The number of aryl methyl sites for hydroxylation is 2. The average Bonchev–Trinajstić information content (AvgIpc) is 2.86. The van der Waals surface area contributed by atoms with Crippen LogP contribution < -0.4 is 15.0 Å². The lowest BCUT2D eigenvalue weighted by Crippen LogP contribution is -2.49. The number of carbonyl (C=O) groups excluding carboxylic acids is 2. The van der Waals surface area contributed by atoms with E-state index < -0.39 is 0 Å². The van der Waals surface area contributed by atoms with Crippen molar-refractivity contribution in [2.24, 2.45) is 0 Å². The van der Waals surface area contributed by atoms with Gasteiger partial charge in [0.1, 0.15) is 0 Å². The molecular formula is C28H27N3O3. The maximum absolute atomic E-state index is 13.1. The van der Waals surface area contributed by atoms with Crippen molar-refractivity contribution in [2.75, 3.05) is 36.4 Å². The Morgan fingerprint density at radius 3 is 2.44 bits per heavy atom. The van der Waals surface area contributed by atoms with Gasteiger partial charge < -0.3 is 19.9 Å². The molecule has 0 aliphatic carbocycles. The highest BCUT2D eigenvalue weighted by Crippen LogP contribution is 2.31. The monoisotopic (exact) mass is 453 g/mol. The molecule has 3 aromatic carbocycles. The lowest BCUT2D eigenvalue weighted by Gasteiger charge is -2.37. The minimum atomic E-state index is -0.291. The Hall–Kier alpha value is -4.06. The number of nitrogens with zero attached hydrogens (tertiary/aromatic N) is 2. The molecule has 1 saturated heterocycles. The van der Waals surface area contributed by atoms with Crippen molar-refractivity contribution >= 4 is 29.3 Å². The van der Waals surface area contributed by atoms with Crippen molar-refractivity contribution in [1.82, 2.24) is 4.90 Å². The fourth-order valence-electron chi connectivity index (χ4n) is 4.37. The summed E-state index contributed by atoms with van der Waals surface area (Å²) >= 11 is 0.